The fourth-order valence-corrected chi connectivity index (χ4v) is 6.64. The van der Waals surface area contributed by atoms with Crippen molar-refractivity contribution < 1.29 is 34.4 Å². The molecule has 7 heteroatoms. The van der Waals surface area contributed by atoms with E-state index in [0.717, 1.165) is 0 Å². The Bertz CT molecular complexity index is 763. The molecular formula is C23H36O7. The summed E-state index contributed by atoms with van der Waals surface area (Å²) < 4.78 is 12.0. The minimum atomic E-state index is -2.18. The van der Waals surface area contributed by atoms with Gasteiger partial charge in [-0.1, -0.05) is 33.8 Å². The second-order valence-corrected chi connectivity index (χ2v) is 10.6. The Hall–Kier alpha value is -1.28. The van der Waals surface area contributed by atoms with Crippen molar-refractivity contribution in [3.63, 3.8) is 0 Å². The quantitative estimate of drug-likeness (QED) is 0.468. The molecule has 2 saturated carbocycles. The molecule has 1 heterocycles. The molecule has 1 saturated heterocycles. The van der Waals surface area contributed by atoms with Crippen molar-refractivity contribution in [3.8, 4) is 0 Å². The first-order chi connectivity index (χ1) is 13.6. The predicted octanol–water partition coefficient (Wildman–Crippen LogP) is 1.91. The third-order valence-corrected chi connectivity index (χ3v) is 8.29. The van der Waals surface area contributed by atoms with Crippen LogP contribution in [-0.4, -0.2) is 62.2 Å². The number of esters is 1. The molecule has 3 rings (SSSR count). The number of ether oxygens (including phenoxy) is 2. The van der Waals surface area contributed by atoms with Crippen LogP contribution in [-0.2, 0) is 19.1 Å². The maximum absolute atomic E-state index is 13.6. The van der Waals surface area contributed by atoms with Crippen molar-refractivity contribution in [1.29, 1.82) is 0 Å². The molecule has 1 aliphatic heterocycles. The molecule has 30 heavy (non-hydrogen) atoms. The fourth-order valence-electron chi connectivity index (χ4n) is 6.64. The van der Waals surface area contributed by atoms with E-state index in [-0.39, 0.29) is 12.8 Å². The average Bonchev–Trinajstić information content (AvgIpc) is 2.66. The van der Waals surface area contributed by atoms with Gasteiger partial charge >= 0.3 is 5.97 Å². The monoisotopic (exact) mass is 424 g/mol. The molecule has 8 atom stereocenters. The Kier molecular flexibility index (Phi) is 5.35. The van der Waals surface area contributed by atoms with Gasteiger partial charge < -0.3 is 24.8 Å². The average molecular weight is 425 g/mol. The molecule has 0 aromatic rings. The molecule has 0 bridgehead atoms. The van der Waals surface area contributed by atoms with Crippen LogP contribution >= 0.6 is 0 Å². The standard InChI is InChI=1S/C23H36O7/c1-8-15(26)29-16-17-19(3,4)11-10-13(24)21(17,6)23(28)14(25)12-20(5,9-2)30-22(23,7)18(16)27/h9,13,16-18,24,27-28H,2,8,10-12H2,1,3-7H3/t13?,16?,17-,18?,20-,21-,22+,23-/m0/s1. The van der Waals surface area contributed by atoms with Crippen LogP contribution < -0.4 is 0 Å². The maximum Gasteiger partial charge on any atom is 0.305 e. The van der Waals surface area contributed by atoms with Crippen molar-refractivity contribution in [1.82, 2.24) is 0 Å². The molecule has 3 aliphatic rings. The first-order valence-corrected chi connectivity index (χ1v) is 10.8. The van der Waals surface area contributed by atoms with E-state index in [1.807, 2.05) is 13.8 Å². The molecule has 2 aliphatic carbocycles. The van der Waals surface area contributed by atoms with Crippen molar-refractivity contribution in [3.05, 3.63) is 12.7 Å². The second-order valence-electron chi connectivity index (χ2n) is 10.6. The summed E-state index contributed by atoms with van der Waals surface area (Å²) in [6.07, 6.45) is -1.17. The minimum absolute atomic E-state index is 0.112. The highest BCUT2D eigenvalue weighted by molar-refractivity contribution is 5.92. The van der Waals surface area contributed by atoms with Gasteiger partial charge in [-0.2, -0.15) is 0 Å². The molecule has 3 fully saturated rings. The van der Waals surface area contributed by atoms with Gasteiger partial charge in [0.2, 0.25) is 0 Å². The van der Waals surface area contributed by atoms with E-state index in [0.29, 0.717) is 12.8 Å². The summed E-state index contributed by atoms with van der Waals surface area (Å²) >= 11 is 0. The van der Waals surface area contributed by atoms with Crippen molar-refractivity contribution >= 4 is 11.8 Å². The van der Waals surface area contributed by atoms with Crippen LogP contribution in [0.3, 0.4) is 0 Å². The lowest BCUT2D eigenvalue weighted by molar-refractivity contribution is -0.370. The summed E-state index contributed by atoms with van der Waals surface area (Å²) in [6, 6.07) is 0. The lowest BCUT2D eigenvalue weighted by Gasteiger charge is -2.71. The normalized spacial score (nSPS) is 50.2. The number of Topliss-reactive ketones (excluding diaryl/α,β-unsaturated/α-hetero) is 1. The molecular weight excluding hydrogens is 388 g/mol. The third-order valence-electron chi connectivity index (χ3n) is 8.29. The number of carbonyl (C=O) groups is 2. The number of aliphatic hydroxyl groups is 3. The highest BCUT2D eigenvalue weighted by Gasteiger charge is 2.81. The number of ketones is 1. The molecule has 0 aromatic heterocycles. The first-order valence-electron chi connectivity index (χ1n) is 10.8. The summed E-state index contributed by atoms with van der Waals surface area (Å²) in [4.78, 5) is 25.9. The van der Waals surface area contributed by atoms with Gasteiger partial charge in [-0.05, 0) is 32.1 Å². The van der Waals surface area contributed by atoms with Gasteiger partial charge in [0, 0.05) is 24.2 Å². The molecule has 0 radical (unpaired) electrons. The zero-order valence-corrected chi connectivity index (χ0v) is 18.9. The van der Waals surface area contributed by atoms with Gasteiger partial charge in [0.05, 0.1) is 11.7 Å². The molecule has 0 spiro atoms. The van der Waals surface area contributed by atoms with Gasteiger partial charge in [-0.3, -0.25) is 9.59 Å². The van der Waals surface area contributed by atoms with Crippen LogP contribution in [0.15, 0.2) is 12.7 Å². The lowest BCUT2D eigenvalue weighted by Crippen LogP contribution is -2.86. The predicted molar refractivity (Wildman–Crippen MR) is 109 cm³/mol. The van der Waals surface area contributed by atoms with Crippen LogP contribution in [0, 0.1) is 16.7 Å². The van der Waals surface area contributed by atoms with Gasteiger partial charge in [0.1, 0.15) is 17.8 Å². The van der Waals surface area contributed by atoms with Crippen molar-refractivity contribution in [2.75, 3.05) is 0 Å². The summed E-state index contributed by atoms with van der Waals surface area (Å²) in [7, 11) is 0. The van der Waals surface area contributed by atoms with E-state index in [9.17, 15) is 24.9 Å². The van der Waals surface area contributed by atoms with E-state index in [4.69, 9.17) is 9.47 Å². The van der Waals surface area contributed by atoms with Crippen LogP contribution in [0.2, 0.25) is 0 Å². The zero-order chi connectivity index (χ0) is 22.9. The molecule has 0 amide bonds. The SMILES string of the molecule is C=C[C@@]1(C)CC(=O)[C@]2(O)[C@@]3(C)C(O)CCC(C)(C)[C@@H]3C(OC(=O)CC)C(O)[C@@]2(C)O1. The van der Waals surface area contributed by atoms with Gasteiger partial charge in [0.15, 0.2) is 11.4 Å². The van der Waals surface area contributed by atoms with Crippen LogP contribution in [0.25, 0.3) is 0 Å². The molecule has 3 N–H and O–H groups in total. The Balaban J connectivity index is 2.30. The molecule has 170 valence electrons. The number of hydrogen-bond acceptors (Lipinski definition) is 7. The van der Waals surface area contributed by atoms with E-state index in [1.54, 1.807) is 20.8 Å². The van der Waals surface area contributed by atoms with Gasteiger partial charge in [0.25, 0.3) is 0 Å². The Morgan fingerprint density at radius 1 is 1.27 bits per heavy atom. The maximum atomic E-state index is 13.6. The lowest BCUT2D eigenvalue weighted by atomic mass is 9.40. The van der Waals surface area contributed by atoms with E-state index in [2.05, 4.69) is 6.58 Å². The highest BCUT2D eigenvalue weighted by Crippen LogP contribution is 2.67. The van der Waals surface area contributed by atoms with Crippen LogP contribution in [0.5, 0.6) is 0 Å². The van der Waals surface area contributed by atoms with E-state index >= 15 is 0 Å². The summed E-state index contributed by atoms with van der Waals surface area (Å²) in [5.41, 5.74) is -7.04. The van der Waals surface area contributed by atoms with Crippen LogP contribution in [0.1, 0.15) is 67.2 Å². The number of hydrogen-bond donors (Lipinski definition) is 3. The number of aliphatic hydroxyl groups excluding tert-OH is 2. The Morgan fingerprint density at radius 3 is 2.40 bits per heavy atom. The topological polar surface area (TPSA) is 113 Å². The van der Waals surface area contributed by atoms with Crippen molar-refractivity contribution in [2.24, 2.45) is 16.7 Å². The van der Waals surface area contributed by atoms with Crippen molar-refractivity contribution in [2.45, 2.75) is 102 Å². The smallest absolute Gasteiger partial charge is 0.305 e. The van der Waals surface area contributed by atoms with Gasteiger partial charge in [-0.15, -0.1) is 6.58 Å². The van der Waals surface area contributed by atoms with E-state index < -0.39 is 63.6 Å². The molecule has 7 nitrogen and oxygen atoms in total. The summed E-state index contributed by atoms with van der Waals surface area (Å²) in [6.45, 7) is 14.1. The zero-order valence-electron chi connectivity index (χ0n) is 18.9. The number of rotatable bonds is 3. The second kappa shape index (κ2) is 6.86. The molecule has 3 unspecified atom stereocenters. The Labute approximate surface area is 178 Å². The highest BCUT2D eigenvalue weighted by atomic mass is 16.6. The number of fused-ring (bicyclic) bond motifs is 3. The first kappa shape index (κ1) is 23.4. The van der Waals surface area contributed by atoms with E-state index in [1.165, 1.54) is 13.0 Å². The minimum Gasteiger partial charge on any atom is -0.459 e. The summed E-state index contributed by atoms with van der Waals surface area (Å²) in [5.74, 6) is -1.68. The number of carbonyl (C=O) groups excluding carboxylic acids is 2. The van der Waals surface area contributed by atoms with Crippen LogP contribution in [0.4, 0.5) is 0 Å². The Morgan fingerprint density at radius 2 is 1.87 bits per heavy atom. The largest absolute Gasteiger partial charge is 0.459 e. The van der Waals surface area contributed by atoms with Gasteiger partial charge in [-0.25, -0.2) is 0 Å². The fraction of sp³-hybridized carbons (Fsp3) is 0.826. The molecule has 0 aromatic carbocycles. The third kappa shape index (κ3) is 2.71. The summed E-state index contributed by atoms with van der Waals surface area (Å²) in [5, 5.41) is 34.8.